The van der Waals surface area contributed by atoms with Gasteiger partial charge in [-0.2, -0.15) is 5.21 Å². The minimum absolute atomic E-state index is 0.567. The van der Waals surface area contributed by atoms with Crippen LogP contribution in [-0.4, -0.2) is 30.4 Å². The summed E-state index contributed by atoms with van der Waals surface area (Å²) in [5.74, 6) is 0.567. The van der Waals surface area contributed by atoms with E-state index in [1.165, 1.54) is 11.1 Å². The monoisotopic (exact) mass is 304 g/mol. The summed E-state index contributed by atoms with van der Waals surface area (Å²) in [7, 11) is 0. The number of aromatic amines is 2. The number of nitrogens with one attached hydrogen (secondary N) is 2. The molecule has 6 nitrogen and oxygen atoms in total. The van der Waals surface area contributed by atoms with E-state index in [9.17, 15) is 0 Å². The van der Waals surface area contributed by atoms with Crippen LogP contribution in [0.5, 0.6) is 0 Å². The van der Waals surface area contributed by atoms with Gasteiger partial charge in [0.2, 0.25) is 5.82 Å². The normalized spacial score (nSPS) is 11.1. The number of tetrazole rings is 1. The van der Waals surface area contributed by atoms with E-state index >= 15 is 0 Å². The highest BCUT2D eigenvalue weighted by molar-refractivity contribution is 5.79. The van der Waals surface area contributed by atoms with Crippen LogP contribution >= 0.6 is 0 Å². The van der Waals surface area contributed by atoms with Gasteiger partial charge in [0.15, 0.2) is 0 Å². The van der Waals surface area contributed by atoms with Crippen molar-refractivity contribution in [2.24, 2.45) is 0 Å². The van der Waals surface area contributed by atoms with Gasteiger partial charge in [0.1, 0.15) is 5.69 Å². The van der Waals surface area contributed by atoms with Crippen molar-refractivity contribution in [2.75, 3.05) is 0 Å². The number of benzene rings is 1. The molecule has 0 unspecified atom stereocenters. The Hall–Kier alpha value is -3.15. The smallest absolute Gasteiger partial charge is 0.222 e. The van der Waals surface area contributed by atoms with E-state index in [0.717, 1.165) is 29.9 Å². The topological polar surface area (TPSA) is 75.2 Å². The summed E-state index contributed by atoms with van der Waals surface area (Å²) in [5.41, 5.74) is 5.56. The zero-order chi connectivity index (χ0) is 15.6. The van der Waals surface area contributed by atoms with Crippen LogP contribution in [0.2, 0.25) is 0 Å². The number of aromatic nitrogens is 6. The minimum atomic E-state index is 0.567. The number of nitrogens with zero attached hydrogens (tertiary/aromatic N) is 4. The van der Waals surface area contributed by atoms with Crippen molar-refractivity contribution in [3.05, 3.63) is 66.2 Å². The first-order valence-electron chi connectivity index (χ1n) is 7.45. The molecule has 6 heteroatoms. The van der Waals surface area contributed by atoms with Crippen molar-refractivity contribution in [1.82, 2.24) is 30.4 Å². The van der Waals surface area contributed by atoms with Gasteiger partial charge in [-0.05, 0) is 34.9 Å². The SMILES string of the molecule is C=CCc1cc2c(-c3nn[nH]n3)[nH]n(Cc3ccccc3)c-2c1. The highest BCUT2D eigenvalue weighted by Crippen LogP contribution is 2.35. The lowest BCUT2D eigenvalue weighted by atomic mass is 10.2. The molecule has 23 heavy (non-hydrogen) atoms. The molecule has 1 aromatic carbocycles. The Morgan fingerprint density at radius 3 is 2.74 bits per heavy atom. The van der Waals surface area contributed by atoms with Crippen LogP contribution in [0.15, 0.2) is 55.1 Å². The Bertz CT molecular complexity index is 885. The lowest BCUT2D eigenvalue weighted by molar-refractivity contribution is 0.698. The number of hydrogen-bond acceptors (Lipinski definition) is 3. The fourth-order valence-corrected chi connectivity index (χ4v) is 2.85. The van der Waals surface area contributed by atoms with Gasteiger partial charge in [0.05, 0.1) is 12.2 Å². The quantitative estimate of drug-likeness (QED) is 0.557. The number of hydrogen-bond donors (Lipinski definition) is 2. The molecule has 1 aromatic heterocycles. The van der Waals surface area contributed by atoms with E-state index in [4.69, 9.17) is 0 Å². The van der Waals surface area contributed by atoms with Crippen molar-refractivity contribution in [1.29, 1.82) is 0 Å². The van der Waals surface area contributed by atoms with Gasteiger partial charge in [-0.3, -0.25) is 9.78 Å². The molecule has 1 aliphatic heterocycles. The maximum Gasteiger partial charge on any atom is 0.222 e. The first kappa shape index (κ1) is 13.5. The van der Waals surface area contributed by atoms with E-state index in [1.807, 2.05) is 24.3 Å². The summed E-state index contributed by atoms with van der Waals surface area (Å²) in [5, 5.41) is 17.8. The number of H-pyrrole nitrogens is 2. The standard InChI is InChI=1S/C17H16N6/c1-2-6-13-9-14-15(10-13)23(11-12-7-4-3-5-8-12)20-16(14)17-18-21-22-19-17/h2-5,7-10,20H,1,6,11H2,(H,18,19,21,22). The first-order valence-corrected chi connectivity index (χ1v) is 7.45. The van der Waals surface area contributed by atoms with Crippen LogP contribution < -0.4 is 0 Å². The fourth-order valence-electron chi connectivity index (χ4n) is 2.85. The third-order valence-corrected chi connectivity index (χ3v) is 3.87. The summed E-state index contributed by atoms with van der Waals surface area (Å²) in [6.45, 7) is 4.58. The molecule has 0 atom stereocenters. The van der Waals surface area contributed by atoms with Gasteiger partial charge in [0, 0.05) is 5.56 Å². The van der Waals surface area contributed by atoms with Crippen molar-refractivity contribution >= 4 is 0 Å². The molecule has 2 N–H and O–H groups in total. The molecular formula is C17H16N6. The molecule has 0 amide bonds. The van der Waals surface area contributed by atoms with Gasteiger partial charge in [0.25, 0.3) is 0 Å². The highest BCUT2D eigenvalue weighted by Gasteiger charge is 2.21. The largest absolute Gasteiger partial charge is 0.294 e. The van der Waals surface area contributed by atoms with Crippen molar-refractivity contribution < 1.29 is 0 Å². The Morgan fingerprint density at radius 1 is 1.13 bits per heavy atom. The third-order valence-electron chi connectivity index (χ3n) is 3.87. The molecule has 0 saturated carbocycles. The molecule has 0 fully saturated rings. The summed E-state index contributed by atoms with van der Waals surface area (Å²) in [4.78, 5) is 0. The van der Waals surface area contributed by atoms with Crippen LogP contribution in [-0.2, 0) is 13.0 Å². The Labute approximate surface area is 133 Å². The number of fused-ring (bicyclic) bond motifs is 1. The third kappa shape index (κ3) is 2.44. The van der Waals surface area contributed by atoms with Gasteiger partial charge < -0.3 is 0 Å². The van der Waals surface area contributed by atoms with E-state index in [0.29, 0.717) is 5.82 Å². The molecule has 0 spiro atoms. The Balaban J connectivity index is 1.81. The fraction of sp³-hybridized carbons (Fsp3) is 0.118. The van der Waals surface area contributed by atoms with Crippen LogP contribution in [0.4, 0.5) is 0 Å². The second-order valence-corrected chi connectivity index (χ2v) is 5.45. The van der Waals surface area contributed by atoms with E-state index in [-0.39, 0.29) is 0 Å². The Kier molecular flexibility index (Phi) is 3.27. The molecule has 114 valence electrons. The maximum atomic E-state index is 4.10. The van der Waals surface area contributed by atoms with Crippen molar-refractivity contribution in [3.63, 3.8) is 0 Å². The average molecular weight is 304 g/mol. The first-order chi connectivity index (χ1) is 11.3. The van der Waals surface area contributed by atoms with Crippen LogP contribution in [0.1, 0.15) is 11.1 Å². The second-order valence-electron chi connectivity index (χ2n) is 5.45. The highest BCUT2D eigenvalue weighted by atomic mass is 15.5. The molecule has 2 aliphatic rings. The van der Waals surface area contributed by atoms with Crippen molar-refractivity contribution in [3.8, 4) is 22.8 Å². The second kappa shape index (κ2) is 5.57. The predicted octanol–water partition coefficient (Wildman–Crippen LogP) is 2.88. The molecule has 4 rings (SSSR count). The lowest BCUT2D eigenvalue weighted by Crippen LogP contribution is -2.02. The molecule has 0 radical (unpaired) electrons. The van der Waals surface area contributed by atoms with Gasteiger partial charge in [-0.25, -0.2) is 0 Å². The lowest BCUT2D eigenvalue weighted by Gasteiger charge is -2.05. The minimum Gasteiger partial charge on any atom is -0.294 e. The summed E-state index contributed by atoms with van der Waals surface area (Å²) in [6, 6.07) is 14.7. The molecule has 2 aromatic rings. The van der Waals surface area contributed by atoms with Crippen LogP contribution in [0, 0.1) is 0 Å². The van der Waals surface area contributed by atoms with Crippen LogP contribution in [0.3, 0.4) is 0 Å². The van der Waals surface area contributed by atoms with Gasteiger partial charge in [-0.1, -0.05) is 36.4 Å². The molecule has 0 bridgehead atoms. The molecule has 0 saturated heterocycles. The Morgan fingerprint density at radius 2 is 2.00 bits per heavy atom. The summed E-state index contributed by atoms with van der Waals surface area (Å²) in [6.07, 6.45) is 2.75. The van der Waals surface area contributed by atoms with E-state index in [2.05, 4.69) is 61.2 Å². The zero-order valence-corrected chi connectivity index (χ0v) is 12.5. The van der Waals surface area contributed by atoms with Crippen LogP contribution in [0.25, 0.3) is 22.8 Å². The zero-order valence-electron chi connectivity index (χ0n) is 12.5. The summed E-state index contributed by atoms with van der Waals surface area (Å²) >= 11 is 0. The molecule has 2 heterocycles. The van der Waals surface area contributed by atoms with Gasteiger partial charge >= 0.3 is 0 Å². The molecular weight excluding hydrogens is 288 g/mol. The predicted molar refractivity (Wildman–Crippen MR) is 88.0 cm³/mol. The average Bonchev–Trinajstić information content (AvgIpc) is 3.27. The van der Waals surface area contributed by atoms with E-state index < -0.39 is 0 Å². The van der Waals surface area contributed by atoms with Crippen molar-refractivity contribution in [2.45, 2.75) is 13.0 Å². The number of allylic oxidation sites excluding steroid dienone is 1. The van der Waals surface area contributed by atoms with Gasteiger partial charge in [-0.15, -0.1) is 16.8 Å². The maximum absolute atomic E-state index is 4.10. The summed E-state index contributed by atoms with van der Waals surface area (Å²) < 4.78 is 2.11. The molecule has 1 aliphatic carbocycles. The van der Waals surface area contributed by atoms with E-state index in [1.54, 1.807) is 0 Å². The number of rotatable bonds is 5.